The Bertz CT molecular complexity index is 668. The molecule has 0 aliphatic carbocycles. The van der Waals surface area contributed by atoms with Gasteiger partial charge in [-0.3, -0.25) is 0 Å². The maximum absolute atomic E-state index is 5.86. The van der Waals surface area contributed by atoms with E-state index in [0.717, 1.165) is 22.4 Å². The topological polar surface area (TPSA) is 44.5 Å². The van der Waals surface area contributed by atoms with Crippen molar-refractivity contribution < 1.29 is 9.47 Å². The largest absolute Gasteiger partial charge is 0.496 e. The normalized spacial score (nSPS) is 10.2. The molecular formula is C17H19NO2S. The molecule has 3 nitrogen and oxygen atoms in total. The van der Waals surface area contributed by atoms with Gasteiger partial charge < -0.3 is 15.2 Å². The lowest BCUT2D eigenvalue weighted by molar-refractivity contribution is 0.303. The molecule has 0 radical (unpaired) electrons. The molecule has 0 atom stereocenters. The number of benzene rings is 2. The molecule has 2 N–H and O–H groups in total. The van der Waals surface area contributed by atoms with Gasteiger partial charge in [0.2, 0.25) is 0 Å². The van der Waals surface area contributed by atoms with Gasteiger partial charge in [0, 0.05) is 0 Å². The third kappa shape index (κ3) is 3.73. The quantitative estimate of drug-likeness (QED) is 0.858. The van der Waals surface area contributed by atoms with Crippen LogP contribution < -0.4 is 15.2 Å². The Kier molecular flexibility index (Phi) is 4.81. The van der Waals surface area contributed by atoms with Crippen LogP contribution in [0.5, 0.6) is 11.5 Å². The van der Waals surface area contributed by atoms with Crippen LogP contribution in [0, 0.1) is 13.8 Å². The van der Waals surface area contributed by atoms with Crippen LogP contribution >= 0.6 is 12.2 Å². The summed E-state index contributed by atoms with van der Waals surface area (Å²) in [6.07, 6.45) is 0. The maximum atomic E-state index is 5.86. The number of thiocarbonyl (C=S) groups is 1. The molecule has 0 fully saturated rings. The van der Waals surface area contributed by atoms with Crippen LogP contribution in [0.1, 0.15) is 22.3 Å². The molecule has 0 aromatic heterocycles. The number of methoxy groups -OCH3 is 1. The van der Waals surface area contributed by atoms with Crippen molar-refractivity contribution in [1.29, 1.82) is 0 Å². The van der Waals surface area contributed by atoms with E-state index in [0.29, 0.717) is 17.3 Å². The van der Waals surface area contributed by atoms with Crippen LogP contribution in [0.4, 0.5) is 0 Å². The highest BCUT2D eigenvalue weighted by molar-refractivity contribution is 7.80. The van der Waals surface area contributed by atoms with Crippen molar-refractivity contribution in [3.63, 3.8) is 0 Å². The van der Waals surface area contributed by atoms with E-state index >= 15 is 0 Å². The van der Waals surface area contributed by atoms with Gasteiger partial charge in [0.15, 0.2) is 0 Å². The van der Waals surface area contributed by atoms with Crippen LogP contribution in [0.15, 0.2) is 36.4 Å². The zero-order valence-corrected chi connectivity index (χ0v) is 13.3. The minimum Gasteiger partial charge on any atom is -0.496 e. The molecule has 4 heteroatoms. The van der Waals surface area contributed by atoms with Gasteiger partial charge in [0.05, 0.1) is 12.7 Å². The third-order valence-corrected chi connectivity index (χ3v) is 3.48. The van der Waals surface area contributed by atoms with Crippen molar-refractivity contribution >= 4 is 17.2 Å². The van der Waals surface area contributed by atoms with Gasteiger partial charge in [-0.2, -0.15) is 0 Å². The van der Waals surface area contributed by atoms with Gasteiger partial charge in [0.25, 0.3) is 0 Å². The first-order chi connectivity index (χ1) is 10.0. The molecule has 0 amide bonds. The van der Waals surface area contributed by atoms with Crippen LogP contribution in [0.3, 0.4) is 0 Å². The van der Waals surface area contributed by atoms with E-state index in [1.165, 1.54) is 5.56 Å². The molecule has 0 heterocycles. The van der Waals surface area contributed by atoms with Crippen molar-refractivity contribution in [2.24, 2.45) is 5.73 Å². The monoisotopic (exact) mass is 301 g/mol. The highest BCUT2D eigenvalue weighted by atomic mass is 32.1. The Labute approximate surface area is 130 Å². The molecule has 2 aromatic carbocycles. The fraction of sp³-hybridized carbons (Fsp3) is 0.235. The van der Waals surface area contributed by atoms with E-state index in [-0.39, 0.29) is 0 Å². The van der Waals surface area contributed by atoms with Crippen molar-refractivity contribution in [2.75, 3.05) is 7.11 Å². The molecule has 21 heavy (non-hydrogen) atoms. The van der Waals surface area contributed by atoms with Crippen LogP contribution in [0.2, 0.25) is 0 Å². The predicted molar refractivity (Wildman–Crippen MR) is 89.1 cm³/mol. The fourth-order valence-corrected chi connectivity index (χ4v) is 2.32. The minimum atomic E-state index is 0.327. The summed E-state index contributed by atoms with van der Waals surface area (Å²) in [6, 6.07) is 11.8. The fourth-order valence-electron chi connectivity index (χ4n) is 2.15. The zero-order valence-electron chi connectivity index (χ0n) is 12.5. The molecule has 0 aliphatic rings. The molecule has 2 rings (SSSR count). The minimum absolute atomic E-state index is 0.327. The molecule has 110 valence electrons. The summed E-state index contributed by atoms with van der Waals surface area (Å²) < 4.78 is 11.2. The van der Waals surface area contributed by atoms with Gasteiger partial charge in [-0.05, 0) is 43.2 Å². The Morgan fingerprint density at radius 1 is 1.10 bits per heavy atom. The lowest BCUT2D eigenvalue weighted by Crippen LogP contribution is -2.11. The second-order valence-electron chi connectivity index (χ2n) is 4.96. The van der Waals surface area contributed by atoms with Gasteiger partial charge >= 0.3 is 0 Å². The highest BCUT2D eigenvalue weighted by Crippen LogP contribution is 2.23. The summed E-state index contributed by atoms with van der Waals surface area (Å²) in [7, 11) is 1.60. The molecule has 0 saturated carbocycles. The van der Waals surface area contributed by atoms with Gasteiger partial charge in [-0.15, -0.1) is 0 Å². The predicted octanol–water partition coefficient (Wildman–Crippen LogP) is 3.53. The van der Waals surface area contributed by atoms with E-state index < -0.39 is 0 Å². The molecule has 0 spiro atoms. The maximum Gasteiger partial charge on any atom is 0.129 e. The van der Waals surface area contributed by atoms with Gasteiger partial charge in [0.1, 0.15) is 23.1 Å². The van der Waals surface area contributed by atoms with Crippen LogP contribution in [-0.2, 0) is 6.61 Å². The zero-order chi connectivity index (χ0) is 15.4. The standard InChI is InChI=1S/C17H19NO2S/c1-11-4-7-15(12(2)8-11)20-10-13-5-6-14(17(18)21)16(9-13)19-3/h4-9H,10H2,1-3H3,(H2,18,21). The number of hydrogen-bond donors (Lipinski definition) is 1. The summed E-state index contributed by atoms with van der Waals surface area (Å²) in [5.41, 5.74) is 9.76. The van der Waals surface area contributed by atoms with E-state index in [4.69, 9.17) is 27.4 Å². The number of ether oxygens (including phenoxy) is 2. The number of hydrogen-bond acceptors (Lipinski definition) is 3. The Morgan fingerprint density at radius 2 is 1.86 bits per heavy atom. The highest BCUT2D eigenvalue weighted by Gasteiger charge is 2.08. The van der Waals surface area contributed by atoms with Crippen LogP contribution in [0.25, 0.3) is 0 Å². The first-order valence-corrected chi connectivity index (χ1v) is 7.09. The lowest BCUT2D eigenvalue weighted by Gasteiger charge is -2.12. The lowest BCUT2D eigenvalue weighted by atomic mass is 10.1. The smallest absolute Gasteiger partial charge is 0.129 e. The summed E-state index contributed by atoms with van der Waals surface area (Å²) >= 11 is 5.00. The number of aryl methyl sites for hydroxylation is 2. The molecule has 0 aliphatic heterocycles. The Balaban J connectivity index is 2.15. The van der Waals surface area contributed by atoms with Crippen molar-refractivity contribution in [3.05, 3.63) is 58.7 Å². The summed E-state index contributed by atoms with van der Waals surface area (Å²) in [5, 5.41) is 0. The third-order valence-electron chi connectivity index (χ3n) is 3.26. The van der Waals surface area contributed by atoms with Crippen molar-refractivity contribution in [1.82, 2.24) is 0 Å². The van der Waals surface area contributed by atoms with E-state index in [1.807, 2.05) is 37.3 Å². The van der Waals surface area contributed by atoms with Crippen LogP contribution in [-0.4, -0.2) is 12.1 Å². The molecule has 0 unspecified atom stereocenters. The van der Waals surface area contributed by atoms with Gasteiger partial charge in [-0.1, -0.05) is 36.0 Å². The first kappa shape index (κ1) is 15.3. The Hall–Kier alpha value is -2.07. The van der Waals surface area contributed by atoms with Gasteiger partial charge in [-0.25, -0.2) is 0 Å². The molecule has 2 aromatic rings. The first-order valence-electron chi connectivity index (χ1n) is 6.68. The Morgan fingerprint density at radius 3 is 2.48 bits per heavy atom. The van der Waals surface area contributed by atoms with Crippen molar-refractivity contribution in [3.8, 4) is 11.5 Å². The van der Waals surface area contributed by atoms with Crippen molar-refractivity contribution in [2.45, 2.75) is 20.5 Å². The summed E-state index contributed by atoms with van der Waals surface area (Å²) in [4.78, 5) is 0.327. The average Bonchev–Trinajstić information content (AvgIpc) is 2.45. The van der Waals surface area contributed by atoms with E-state index in [2.05, 4.69) is 13.0 Å². The second-order valence-corrected chi connectivity index (χ2v) is 5.40. The van der Waals surface area contributed by atoms with E-state index in [1.54, 1.807) is 7.11 Å². The summed E-state index contributed by atoms with van der Waals surface area (Å²) in [6.45, 7) is 4.58. The number of rotatable bonds is 5. The SMILES string of the molecule is COc1cc(COc2ccc(C)cc2C)ccc1C(N)=S. The molecule has 0 bridgehead atoms. The molecular weight excluding hydrogens is 282 g/mol. The average molecular weight is 301 g/mol. The molecule has 0 saturated heterocycles. The summed E-state index contributed by atoms with van der Waals surface area (Å²) in [5.74, 6) is 1.56. The number of nitrogens with two attached hydrogens (primary N) is 1. The second kappa shape index (κ2) is 6.59. The van der Waals surface area contributed by atoms with E-state index in [9.17, 15) is 0 Å².